The van der Waals surface area contributed by atoms with Gasteiger partial charge in [0.25, 0.3) is 5.91 Å². The molecule has 4 heteroatoms. The van der Waals surface area contributed by atoms with E-state index in [4.69, 9.17) is 4.74 Å². The standard InChI is InChI=1S/C20H21NO3/c1-3-11-21-17-10-9-16(22)13-18(17)24-19(20(21)23)12-15-8-6-5-7-14(15)4-2/h3,5-10,13,19,22H,1,4,11-12H2,2H3. The number of hydrogen-bond acceptors (Lipinski definition) is 3. The predicted octanol–water partition coefficient (Wildman–Crippen LogP) is 3.48. The molecule has 0 aliphatic carbocycles. The minimum atomic E-state index is -0.605. The highest BCUT2D eigenvalue weighted by Gasteiger charge is 2.34. The molecule has 2 aromatic carbocycles. The van der Waals surface area contributed by atoms with Gasteiger partial charge in [0, 0.05) is 19.0 Å². The second-order valence-corrected chi connectivity index (χ2v) is 5.82. The van der Waals surface area contributed by atoms with Gasteiger partial charge in [-0.15, -0.1) is 6.58 Å². The lowest BCUT2D eigenvalue weighted by atomic mass is 9.98. The number of fused-ring (bicyclic) bond motifs is 1. The second kappa shape index (κ2) is 6.79. The third-order valence-corrected chi connectivity index (χ3v) is 4.26. The average molecular weight is 323 g/mol. The molecule has 124 valence electrons. The predicted molar refractivity (Wildman–Crippen MR) is 94.6 cm³/mol. The number of phenolic OH excluding ortho intramolecular Hbond substituents is 1. The Morgan fingerprint density at radius 3 is 2.71 bits per heavy atom. The van der Waals surface area contributed by atoms with Crippen molar-refractivity contribution in [1.29, 1.82) is 0 Å². The molecule has 1 unspecified atom stereocenters. The number of anilines is 1. The Balaban J connectivity index is 1.94. The molecule has 1 atom stereocenters. The van der Waals surface area contributed by atoms with Gasteiger partial charge in [-0.3, -0.25) is 4.79 Å². The number of benzene rings is 2. The number of aromatic hydroxyl groups is 1. The summed E-state index contributed by atoms with van der Waals surface area (Å²) in [6.45, 7) is 6.24. The van der Waals surface area contributed by atoms with Gasteiger partial charge in [0.2, 0.25) is 0 Å². The largest absolute Gasteiger partial charge is 0.508 e. The molecule has 0 radical (unpaired) electrons. The highest BCUT2D eigenvalue weighted by Crippen LogP contribution is 2.37. The smallest absolute Gasteiger partial charge is 0.268 e. The van der Waals surface area contributed by atoms with Crippen LogP contribution >= 0.6 is 0 Å². The fourth-order valence-electron chi connectivity index (χ4n) is 3.06. The van der Waals surface area contributed by atoms with E-state index in [0.29, 0.717) is 24.4 Å². The lowest BCUT2D eigenvalue weighted by Crippen LogP contribution is -2.47. The van der Waals surface area contributed by atoms with Crippen LogP contribution in [-0.4, -0.2) is 23.7 Å². The van der Waals surface area contributed by atoms with Crippen molar-refractivity contribution < 1.29 is 14.6 Å². The van der Waals surface area contributed by atoms with Crippen LogP contribution in [0, 0.1) is 0 Å². The summed E-state index contributed by atoms with van der Waals surface area (Å²) in [4.78, 5) is 14.5. The summed E-state index contributed by atoms with van der Waals surface area (Å²) in [6.07, 6.45) is 2.50. The van der Waals surface area contributed by atoms with E-state index in [9.17, 15) is 9.90 Å². The molecule has 1 aliphatic heterocycles. The minimum absolute atomic E-state index is 0.0843. The number of nitrogens with zero attached hydrogens (tertiary/aromatic N) is 1. The summed E-state index contributed by atoms with van der Waals surface area (Å²) in [5, 5.41) is 9.72. The van der Waals surface area contributed by atoms with Crippen molar-refractivity contribution in [2.45, 2.75) is 25.9 Å². The first-order valence-electron chi connectivity index (χ1n) is 8.12. The van der Waals surface area contributed by atoms with Gasteiger partial charge >= 0.3 is 0 Å². The van der Waals surface area contributed by atoms with Crippen molar-refractivity contribution in [2.24, 2.45) is 0 Å². The van der Waals surface area contributed by atoms with Gasteiger partial charge in [-0.05, 0) is 29.7 Å². The first-order valence-corrected chi connectivity index (χ1v) is 8.12. The molecule has 2 aromatic rings. The molecule has 0 fully saturated rings. The molecule has 4 nitrogen and oxygen atoms in total. The molecule has 0 bridgehead atoms. The van der Waals surface area contributed by atoms with Gasteiger partial charge in [0.15, 0.2) is 6.10 Å². The zero-order valence-electron chi connectivity index (χ0n) is 13.7. The van der Waals surface area contributed by atoms with E-state index in [-0.39, 0.29) is 11.7 Å². The zero-order valence-corrected chi connectivity index (χ0v) is 13.7. The summed E-state index contributed by atoms with van der Waals surface area (Å²) < 4.78 is 5.92. The fourth-order valence-corrected chi connectivity index (χ4v) is 3.06. The van der Waals surface area contributed by atoms with E-state index >= 15 is 0 Å². The third kappa shape index (κ3) is 3.00. The van der Waals surface area contributed by atoms with Crippen molar-refractivity contribution >= 4 is 11.6 Å². The normalized spacial score (nSPS) is 16.5. The highest BCUT2D eigenvalue weighted by atomic mass is 16.5. The third-order valence-electron chi connectivity index (χ3n) is 4.26. The van der Waals surface area contributed by atoms with Crippen LogP contribution in [0.3, 0.4) is 0 Å². The molecular weight excluding hydrogens is 302 g/mol. The monoisotopic (exact) mass is 323 g/mol. The van der Waals surface area contributed by atoms with E-state index in [1.165, 1.54) is 5.56 Å². The number of aryl methyl sites for hydroxylation is 1. The number of rotatable bonds is 5. The van der Waals surface area contributed by atoms with E-state index < -0.39 is 6.10 Å². The topological polar surface area (TPSA) is 49.8 Å². The van der Waals surface area contributed by atoms with Crippen LogP contribution in [0.2, 0.25) is 0 Å². The fraction of sp³-hybridized carbons (Fsp3) is 0.250. The number of ether oxygens (including phenoxy) is 1. The second-order valence-electron chi connectivity index (χ2n) is 5.82. The number of amides is 1. The number of carbonyl (C=O) groups excluding carboxylic acids is 1. The quantitative estimate of drug-likeness (QED) is 0.857. The summed E-state index contributed by atoms with van der Waals surface area (Å²) in [7, 11) is 0. The molecule has 1 aliphatic rings. The maximum atomic E-state index is 12.9. The molecule has 0 saturated carbocycles. The van der Waals surface area contributed by atoms with Gasteiger partial charge in [-0.25, -0.2) is 0 Å². The summed E-state index contributed by atoms with van der Waals surface area (Å²) in [5.74, 6) is 0.559. The van der Waals surface area contributed by atoms with Crippen LogP contribution in [0.15, 0.2) is 55.1 Å². The van der Waals surface area contributed by atoms with Crippen molar-refractivity contribution in [3.8, 4) is 11.5 Å². The van der Waals surface area contributed by atoms with Crippen LogP contribution in [0.5, 0.6) is 11.5 Å². The summed E-state index contributed by atoms with van der Waals surface area (Å²) in [6, 6.07) is 12.9. The Morgan fingerprint density at radius 2 is 2.00 bits per heavy atom. The Hall–Kier alpha value is -2.75. The first kappa shape index (κ1) is 16.1. The molecule has 1 heterocycles. The summed E-state index contributed by atoms with van der Waals surface area (Å²) in [5.41, 5.74) is 2.99. The van der Waals surface area contributed by atoms with Crippen LogP contribution in [0.4, 0.5) is 5.69 Å². The van der Waals surface area contributed by atoms with Crippen LogP contribution in [0.25, 0.3) is 0 Å². The van der Waals surface area contributed by atoms with E-state index in [1.807, 2.05) is 18.2 Å². The van der Waals surface area contributed by atoms with Gasteiger partial charge < -0.3 is 14.7 Å². The van der Waals surface area contributed by atoms with Gasteiger partial charge in [-0.1, -0.05) is 37.3 Å². The van der Waals surface area contributed by atoms with Crippen molar-refractivity contribution in [3.05, 3.63) is 66.2 Å². The zero-order chi connectivity index (χ0) is 17.1. The molecule has 3 rings (SSSR count). The van der Waals surface area contributed by atoms with Crippen LogP contribution < -0.4 is 9.64 Å². The number of carbonyl (C=O) groups is 1. The molecule has 1 amide bonds. The molecule has 24 heavy (non-hydrogen) atoms. The van der Waals surface area contributed by atoms with E-state index in [1.54, 1.807) is 29.2 Å². The Morgan fingerprint density at radius 1 is 1.25 bits per heavy atom. The Kier molecular flexibility index (Phi) is 4.56. The van der Waals surface area contributed by atoms with E-state index in [0.717, 1.165) is 12.0 Å². The van der Waals surface area contributed by atoms with Crippen molar-refractivity contribution in [3.63, 3.8) is 0 Å². The molecule has 0 aromatic heterocycles. The van der Waals surface area contributed by atoms with E-state index in [2.05, 4.69) is 19.6 Å². The molecule has 1 N–H and O–H groups in total. The Bertz CT molecular complexity index is 769. The van der Waals surface area contributed by atoms with Gasteiger partial charge in [0.1, 0.15) is 11.5 Å². The van der Waals surface area contributed by atoms with Crippen LogP contribution in [0.1, 0.15) is 18.1 Å². The first-order chi connectivity index (χ1) is 11.6. The molecular formula is C20H21NO3. The Labute approximate surface area is 142 Å². The lowest BCUT2D eigenvalue weighted by molar-refractivity contribution is -0.126. The highest BCUT2D eigenvalue weighted by molar-refractivity contribution is 6.00. The van der Waals surface area contributed by atoms with Gasteiger partial charge in [0.05, 0.1) is 5.69 Å². The lowest BCUT2D eigenvalue weighted by Gasteiger charge is -2.34. The summed E-state index contributed by atoms with van der Waals surface area (Å²) >= 11 is 0. The average Bonchev–Trinajstić information content (AvgIpc) is 2.59. The maximum Gasteiger partial charge on any atom is 0.268 e. The van der Waals surface area contributed by atoms with Crippen LogP contribution in [-0.2, 0) is 17.6 Å². The SMILES string of the molecule is C=CCN1C(=O)C(Cc2ccccc2CC)Oc2cc(O)ccc21. The molecule has 0 saturated heterocycles. The van der Waals surface area contributed by atoms with Gasteiger partial charge in [-0.2, -0.15) is 0 Å². The van der Waals surface area contributed by atoms with Crippen molar-refractivity contribution in [1.82, 2.24) is 0 Å². The minimum Gasteiger partial charge on any atom is -0.508 e. The molecule has 0 spiro atoms. The number of hydrogen-bond donors (Lipinski definition) is 1. The van der Waals surface area contributed by atoms with Crippen molar-refractivity contribution in [2.75, 3.05) is 11.4 Å². The number of phenols is 1. The maximum absolute atomic E-state index is 12.9.